The number of nitrogens with zero attached hydrogens (tertiary/aromatic N) is 1. The first kappa shape index (κ1) is 20.5. The van der Waals surface area contributed by atoms with E-state index in [4.69, 9.17) is 21.1 Å². The Labute approximate surface area is 181 Å². The average Bonchev–Trinajstić information content (AvgIpc) is 3.47. The second-order valence-electron chi connectivity index (χ2n) is 7.82. The number of nitrogens with one attached hydrogen (secondary N) is 1. The molecule has 0 bridgehead atoms. The lowest BCUT2D eigenvalue weighted by atomic mass is 9.87. The number of carbonyl (C=O) groups excluding carboxylic acids is 2. The van der Waals surface area contributed by atoms with E-state index in [0.717, 1.165) is 18.4 Å². The van der Waals surface area contributed by atoms with Crippen molar-refractivity contribution in [3.8, 4) is 11.5 Å². The summed E-state index contributed by atoms with van der Waals surface area (Å²) in [6, 6.07) is 12.7. The Kier molecular flexibility index (Phi) is 5.86. The maximum absolute atomic E-state index is 13.1. The van der Waals surface area contributed by atoms with Crippen LogP contribution in [0.3, 0.4) is 0 Å². The Morgan fingerprint density at radius 2 is 1.77 bits per heavy atom. The number of amides is 2. The quantitative estimate of drug-likeness (QED) is 0.764. The lowest BCUT2D eigenvalue weighted by molar-refractivity contribution is -0.125. The zero-order chi connectivity index (χ0) is 21.3. The van der Waals surface area contributed by atoms with Crippen molar-refractivity contribution >= 4 is 23.4 Å². The highest BCUT2D eigenvalue weighted by Crippen LogP contribution is 2.40. The Morgan fingerprint density at radius 1 is 1.03 bits per heavy atom. The summed E-state index contributed by atoms with van der Waals surface area (Å²) in [6.07, 6.45) is 2.03. The van der Waals surface area contributed by atoms with Crippen molar-refractivity contribution in [1.29, 1.82) is 0 Å². The van der Waals surface area contributed by atoms with Gasteiger partial charge in [0.15, 0.2) is 0 Å². The fourth-order valence-electron chi connectivity index (χ4n) is 3.99. The van der Waals surface area contributed by atoms with E-state index in [1.165, 1.54) is 0 Å². The second kappa shape index (κ2) is 8.56. The van der Waals surface area contributed by atoms with E-state index in [0.29, 0.717) is 35.2 Å². The molecule has 1 saturated carbocycles. The molecule has 2 atom stereocenters. The third-order valence-electron chi connectivity index (χ3n) is 5.80. The largest absolute Gasteiger partial charge is 0.497 e. The molecular formula is C23H25ClN2O4. The van der Waals surface area contributed by atoms with Gasteiger partial charge in [0, 0.05) is 47.3 Å². The Balaban J connectivity index is 1.63. The first-order valence-electron chi connectivity index (χ1n) is 10.1. The van der Waals surface area contributed by atoms with E-state index in [1.54, 1.807) is 43.4 Å². The lowest BCUT2D eigenvalue weighted by Crippen LogP contribution is -2.36. The predicted molar refractivity (Wildman–Crippen MR) is 114 cm³/mol. The minimum Gasteiger partial charge on any atom is -0.497 e. The number of rotatable bonds is 6. The maximum Gasteiger partial charge on any atom is 0.253 e. The van der Waals surface area contributed by atoms with Gasteiger partial charge in [0.25, 0.3) is 5.91 Å². The van der Waals surface area contributed by atoms with Crippen LogP contribution < -0.4 is 14.8 Å². The number of methoxy groups -OCH3 is 2. The monoisotopic (exact) mass is 428 g/mol. The fraction of sp³-hybridized carbons (Fsp3) is 0.391. The van der Waals surface area contributed by atoms with Gasteiger partial charge in [0.05, 0.1) is 20.1 Å². The molecule has 2 aliphatic rings. The molecule has 2 fully saturated rings. The van der Waals surface area contributed by atoms with Crippen LogP contribution in [-0.4, -0.2) is 50.1 Å². The van der Waals surface area contributed by atoms with Gasteiger partial charge < -0.3 is 19.7 Å². The molecule has 2 amide bonds. The molecule has 6 nitrogen and oxygen atoms in total. The van der Waals surface area contributed by atoms with Crippen LogP contribution in [0.4, 0.5) is 0 Å². The van der Waals surface area contributed by atoms with E-state index < -0.39 is 0 Å². The number of likely N-dealkylation sites (tertiary alicyclic amines) is 1. The zero-order valence-electron chi connectivity index (χ0n) is 17.1. The van der Waals surface area contributed by atoms with E-state index >= 15 is 0 Å². The molecule has 2 aromatic carbocycles. The van der Waals surface area contributed by atoms with Gasteiger partial charge in [-0.3, -0.25) is 9.59 Å². The van der Waals surface area contributed by atoms with Crippen LogP contribution in [0.25, 0.3) is 0 Å². The molecule has 30 heavy (non-hydrogen) atoms. The molecule has 0 unspecified atom stereocenters. The number of carbonyl (C=O) groups is 2. The van der Waals surface area contributed by atoms with Crippen LogP contribution in [0.2, 0.25) is 5.02 Å². The third-order valence-corrected chi connectivity index (χ3v) is 6.05. The standard InChI is InChI=1S/C23H25ClN2O4/c1-29-17-9-10-18(21(11-17)30-2)19-12-26(13-20(19)22(27)25-16-7-8-16)23(28)14-3-5-15(24)6-4-14/h3-6,9-11,16,19-20H,7-8,12-13H2,1-2H3,(H,25,27)/t19-,20-/m1/s1. The minimum atomic E-state index is -0.343. The molecule has 1 aliphatic heterocycles. The van der Waals surface area contributed by atoms with Crippen molar-refractivity contribution in [2.45, 2.75) is 24.8 Å². The fourth-order valence-corrected chi connectivity index (χ4v) is 4.11. The number of hydrogen-bond donors (Lipinski definition) is 1. The summed E-state index contributed by atoms with van der Waals surface area (Å²) < 4.78 is 10.9. The molecule has 1 aliphatic carbocycles. The summed E-state index contributed by atoms with van der Waals surface area (Å²) in [5.74, 6) is 0.716. The molecule has 0 aromatic heterocycles. The first-order chi connectivity index (χ1) is 14.5. The van der Waals surface area contributed by atoms with Crippen molar-refractivity contribution in [1.82, 2.24) is 10.2 Å². The van der Waals surface area contributed by atoms with Crippen LogP contribution in [0, 0.1) is 5.92 Å². The van der Waals surface area contributed by atoms with Gasteiger partial charge in [0.1, 0.15) is 11.5 Å². The molecule has 0 spiro atoms. The van der Waals surface area contributed by atoms with Gasteiger partial charge in [-0.1, -0.05) is 17.7 Å². The van der Waals surface area contributed by atoms with Gasteiger partial charge in [-0.25, -0.2) is 0 Å². The molecule has 1 N–H and O–H groups in total. The van der Waals surface area contributed by atoms with Gasteiger partial charge in [-0.15, -0.1) is 0 Å². The van der Waals surface area contributed by atoms with Gasteiger partial charge in [-0.2, -0.15) is 0 Å². The first-order valence-corrected chi connectivity index (χ1v) is 10.4. The van der Waals surface area contributed by atoms with Crippen LogP contribution in [-0.2, 0) is 4.79 Å². The number of halogens is 1. The number of benzene rings is 2. The topological polar surface area (TPSA) is 67.9 Å². The molecular weight excluding hydrogens is 404 g/mol. The normalized spacial score (nSPS) is 20.7. The molecule has 0 radical (unpaired) electrons. The maximum atomic E-state index is 13.1. The van der Waals surface area contributed by atoms with Crippen molar-refractivity contribution < 1.29 is 19.1 Å². The molecule has 4 rings (SSSR count). The molecule has 158 valence electrons. The smallest absolute Gasteiger partial charge is 0.253 e. The third kappa shape index (κ3) is 4.24. The van der Waals surface area contributed by atoms with Crippen LogP contribution in [0.1, 0.15) is 34.7 Å². The Hall–Kier alpha value is -2.73. The lowest BCUT2D eigenvalue weighted by Gasteiger charge is -2.21. The van der Waals surface area contributed by atoms with Crippen LogP contribution in [0.15, 0.2) is 42.5 Å². The Morgan fingerprint density at radius 3 is 2.40 bits per heavy atom. The Bertz CT molecular complexity index is 943. The minimum absolute atomic E-state index is 0.00761. The molecule has 2 aromatic rings. The van der Waals surface area contributed by atoms with Crippen molar-refractivity contribution in [2.75, 3.05) is 27.3 Å². The highest BCUT2D eigenvalue weighted by atomic mass is 35.5. The summed E-state index contributed by atoms with van der Waals surface area (Å²) in [6.45, 7) is 0.798. The highest BCUT2D eigenvalue weighted by molar-refractivity contribution is 6.30. The molecule has 1 heterocycles. The zero-order valence-corrected chi connectivity index (χ0v) is 17.8. The summed E-state index contributed by atoms with van der Waals surface area (Å²) in [4.78, 5) is 27.9. The average molecular weight is 429 g/mol. The second-order valence-corrected chi connectivity index (χ2v) is 8.26. The van der Waals surface area contributed by atoms with Crippen LogP contribution in [0.5, 0.6) is 11.5 Å². The van der Waals surface area contributed by atoms with E-state index in [1.807, 2.05) is 18.2 Å². The number of hydrogen-bond acceptors (Lipinski definition) is 4. The van der Waals surface area contributed by atoms with Crippen molar-refractivity contribution in [2.24, 2.45) is 5.92 Å². The molecule has 1 saturated heterocycles. The van der Waals surface area contributed by atoms with Crippen LogP contribution >= 0.6 is 11.6 Å². The van der Waals surface area contributed by atoms with E-state index in [2.05, 4.69) is 5.32 Å². The van der Waals surface area contributed by atoms with Crippen molar-refractivity contribution in [3.05, 3.63) is 58.6 Å². The van der Waals surface area contributed by atoms with E-state index in [9.17, 15) is 9.59 Å². The van der Waals surface area contributed by atoms with Gasteiger partial charge in [-0.05, 0) is 43.2 Å². The summed E-state index contributed by atoms with van der Waals surface area (Å²) in [7, 11) is 3.20. The van der Waals surface area contributed by atoms with E-state index in [-0.39, 0.29) is 29.7 Å². The van der Waals surface area contributed by atoms with Gasteiger partial charge in [0.2, 0.25) is 5.91 Å². The summed E-state index contributed by atoms with van der Waals surface area (Å²) in [5.41, 5.74) is 1.46. The molecule has 7 heteroatoms. The van der Waals surface area contributed by atoms with Crippen molar-refractivity contribution in [3.63, 3.8) is 0 Å². The summed E-state index contributed by atoms with van der Waals surface area (Å²) >= 11 is 5.95. The predicted octanol–water partition coefficient (Wildman–Crippen LogP) is 3.49. The SMILES string of the molecule is COc1ccc([C@H]2CN(C(=O)c3ccc(Cl)cc3)C[C@H]2C(=O)NC2CC2)c(OC)c1. The summed E-state index contributed by atoms with van der Waals surface area (Å²) in [5, 5.41) is 3.68. The highest BCUT2D eigenvalue weighted by Gasteiger charge is 2.43. The van der Waals surface area contributed by atoms with Gasteiger partial charge >= 0.3 is 0 Å². The number of ether oxygens (including phenoxy) is 2.